The summed E-state index contributed by atoms with van der Waals surface area (Å²) >= 11 is 0. The molecule has 90 valence electrons. The van der Waals surface area contributed by atoms with Crippen molar-refractivity contribution in [1.82, 2.24) is 4.90 Å². The van der Waals surface area contributed by atoms with Crippen LogP contribution in [-0.2, 0) is 4.74 Å². The Morgan fingerprint density at radius 3 is 2.73 bits per heavy atom. The van der Waals surface area contributed by atoms with Gasteiger partial charge in [-0.1, -0.05) is 13.8 Å². The minimum absolute atomic E-state index is 0.210. The van der Waals surface area contributed by atoms with Crippen LogP contribution in [0.5, 0.6) is 0 Å². The van der Waals surface area contributed by atoms with Gasteiger partial charge in [-0.2, -0.15) is 0 Å². The third-order valence-electron chi connectivity index (χ3n) is 3.64. The van der Waals surface area contributed by atoms with Crippen LogP contribution >= 0.6 is 0 Å². The Morgan fingerprint density at radius 2 is 2.20 bits per heavy atom. The van der Waals surface area contributed by atoms with E-state index in [1.54, 1.807) is 7.11 Å². The standard InChI is InChI=1S/C12H26N2O/c1-10(13)12(2,3)9-14-6-5-11(7-14)8-15-4/h10-11H,5-9,13H2,1-4H3. The SMILES string of the molecule is COCC1CCN(CC(C)(C)C(C)N)C1. The molecule has 1 aliphatic rings. The lowest BCUT2D eigenvalue weighted by molar-refractivity contribution is 0.140. The van der Waals surface area contributed by atoms with Crippen molar-refractivity contribution in [2.75, 3.05) is 33.4 Å². The van der Waals surface area contributed by atoms with Gasteiger partial charge in [0, 0.05) is 26.2 Å². The molecule has 1 heterocycles. The molecule has 0 radical (unpaired) electrons. The van der Waals surface area contributed by atoms with Crippen LogP contribution in [0.4, 0.5) is 0 Å². The molecule has 2 unspecified atom stereocenters. The molecular weight excluding hydrogens is 188 g/mol. The van der Waals surface area contributed by atoms with Gasteiger partial charge >= 0.3 is 0 Å². The Bertz CT molecular complexity index is 192. The fourth-order valence-corrected chi connectivity index (χ4v) is 2.15. The third-order valence-corrected chi connectivity index (χ3v) is 3.64. The van der Waals surface area contributed by atoms with E-state index in [-0.39, 0.29) is 11.5 Å². The Balaban J connectivity index is 2.35. The summed E-state index contributed by atoms with van der Waals surface area (Å²) in [4.78, 5) is 2.52. The van der Waals surface area contributed by atoms with E-state index in [2.05, 4.69) is 25.7 Å². The summed E-state index contributed by atoms with van der Waals surface area (Å²) in [5, 5.41) is 0. The maximum atomic E-state index is 5.99. The van der Waals surface area contributed by atoms with Crippen LogP contribution in [0.15, 0.2) is 0 Å². The highest BCUT2D eigenvalue weighted by molar-refractivity contribution is 4.85. The topological polar surface area (TPSA) is 38.5 Å². The summed E-state index contributed by atoms with van der Waals surface area (Å²) in [5.74, 6) is 0.721. The lowest BCUT2D eigenvalue weighted by Gasteiger charge is -2.33. The Kier molecular flexibility index (Phi) is 4.56. The molecule has 0 aliphatic carbocycles. The molecule has 2 atom stereocenters. The van der Waals surface area contributed by atoms with Crippen molar-refractivity contribution in [2.45, 2.75) is 33.2 Å². The average molecular weight is 214 g/mol. The van der Waals surface area contributed by atoms with E-state index in [9.17, 15) is 0 Å². The summed E-state index contributed by atoms with van der Waals surface area (Å²) in [7, 11) is 1.79. The van der Waals surface area contributed by atoms with E-state index >= 15 is 0 Å². The van der Waals surface area contributed by atoms with Crippen LogP contribution in [0, 0.1) is 11.3 Å². The zero-order chi connectivity index (χ0) is 11.5. The van der Waals surface area contributed by atoms with Crippen molar-refractivity contribution in [3.8, 4) is 0 Å². The first-order chi connectivity index (χ1) is 6.95. The maximum absolute atomic E-state index is 5.99. The molecule has 0 saturated carbocycles. The Morgan fingerprint density at radius 1 is 1.53 bits per heavy atom. The summed E-state index contributed by atoms with van der Waals surface area (Å²) in [6, 6.07) is 0.249. The molecule has 0 bridgehead atoms. The fraction of sp³-hybridized carbons (Fsp3) is 1.00. The van der Waals surface area contributed by atoms with E-state index in [0.717, 1.165) is 19.1 Å². The molecule has 3 nitrogen and oxygen atoms in total. The summed E-state index contributed by atoms with van der Waals surface area (Å²) in [6.45, 7) is 11.0. The monoisotopic (exact) mass is 214 g/mol. The van der Waals surface area contributed by atoms with Crippen molar-refractivity contribution in [2.24, 2.45) is 17.1 Å². The smallest absolute Gasteiger partial charge is 0.0503 e. The molecule has 0 amide bonds. The predicted octanol–water partition coefficient (Wildman–Crippen LogP) is 1.33. The minimum Gasteiger partial charge on any atom is -0.384 e. The van der Waals surface area contributed by atoms with Crippen molar-refractivity contribution < 1.29 is 4.74 Å². The van der Waals surface area contributed by atoms with Crippen molar-refractivity contribution in [3.63, 3.8) is 0 Å². The van der Waals surface area contributed by atoms with Crippen LogP contribution < -0.4 is 5.73 Å². The average Bonchev–Trinajstić information content (AvgIpc) is 2.52. The van der Waals surface area contributed by atoms with E-state index < -0.39 is 0 Å². The molecule has 0 aromatic heterocycles. The highest BCUT2D eigenvalue weighted by Gasteiger charge is 2.30. The molecule has 15 heavy (non-hydrogen) atoms. The lowest BCUT2D eigenvalue weighted by atomic mass is 9.85. The molecule has 0 aromatic carbocycles. The predicted molar refractivity (Wildman–Crippen MR) is 63.9 cm³/mol. The minimum atomic E-state index is 0.210. The van der Waals surface area contributed by atoms with E-state index in [1.807, 2.05) is 0 Å². The summed E-state index contributed by atoms with van der Waals surface area (Å²) < 4.78 is 5.20. The first-order valence-electron chi connectivity index (χ1n) is 5.92. The highest BCUT2D eigenvalue weighted by atomic mass is 16.5. The van der Waals surface area contributed by atoms with Gasteiger partial charge in [0.1, 0.15) is 0 Å². The second-order valence-electron chi connectivity index (χ2n) is 5.62. The maximum Gasteiger partial charge on any atom is 0.0503 e. The molecular formula is C12H26N2O. The Hall–Kier alpha value is -0.120. The second kappa shape index (κ2) is 5.28. The van der Waals surface area contributed by atoms with Gasteiger partial charge in [0.15, 0.2) is 0 Å². The van der Waals surface area contributed by atoms with Crippen molar-refractivity contribution in [3.05, 3.63) is 0 Å². The van der Waals surface area contributed by atoms with Gasteiger partial charge in [0.25, 0.3) is 0 Å². The number of rotatable bonds is 5. The van der Waals surface area contributed by atoms with Gasteiger partial charge in [-0.15, -0.1) is 0 Å². The molecule has 0 aromatic rings. The number of hydrogen-bond acceptors (Lipinski definition) is 3. The summed E-state index contributed by atoms with van der Waals surface area (Å²) in [5.41, 5.74) is 6.20. The first-order valence-corrected chi connectivity index (χ1v) is 5.92. The molecule has 3 heteroatoms. The highest BCUT2D eigenvalue weighted by Crippen LogP contribution is 2.25. The van der Waals surface area contributed by atoms with Crippen LogP contribution in [0.25, 0.3) is 0 Å². The van der Waals surface area contributed by atoms with Gasteiger partial charge in [-0.25, -0.2) is 0 Å². The van der Waals surface area contributed by atoms with Crippen LogP contribution in [-0.4, -0.2) is 44.3 Å². The number of likely N-dealkylation sites (tertiary alicyclic amines) is 1. The van der Waals surface area contributed by atoms with E-state index in [4.69, 9.17) is 10.5 Å². The second-order valence-corrected chi connectivity index (χ2v) is 5.62. The number of ether oxygens (including phenoxy) is 1. The molecule has 1 fully saturated rings. The van der Waals surface area contributed by atoms with Crippen LogP contribution in [0.2, 0.25) is 0 Å². The van der Waals surface area contributed by atoms with Gasteiger partial charge in [0.2, 0.25) is 0 Å². The number of methoxy groups -OCH3 is 1. The van der Waals surface area contributed by atoms with Gasteiger partial charge in [0.05, 0.1) is 6.61 Å². The normalized spacial score (nSPS) is 25.8. The zero-order valence-corrected chi connectivity index (χ0v) is 10.6. The van der Waals surface area contributed by atoms with E-state index in [0.29, 0.717) is 0 Å². The fourth-order valence-electron chi connectivity index (χ4n) is 2.15. The van der Waals surface area contributed by atoms with Gasteiger partial charge in [-0.3, -0.25) is 0 Å². The third kappa shape index (κ3) is 3.74. The molecule has 1 aliphatic heterocycles. The molecule has 2 N–H and O–H groups in total. The number of nitrogens with zero attached hydrogens (tertiary/aromatic N) is 1. The molecule has 1 saturated heterocycles. The summed E-state index contributed by atoms with van der Waals surface area (Å²) in [6.07, 6.45) is 1.27. The zero-order valence-electron chi connectivity index (χ0n) is 10.6. The van der Waals surface area contributed by atoms with Crippen molar-refractivity contribution >= 4 is 0 Å². The molecule has 0 spiro atoms. The quantitative estimate of drug-likeness (QED) is 0.750. The number of nitrogens with two attached hydrogens (primary N) is 1. The number of hydrogen-bond donors (Lipinski definition) is 1. The largest absolute Gasteiger partial charge is 0.384 e. The Labute approximate surface area is 94.0 Å². The van der Waals surface area contributed by atoms with E-state index in [1.165, 1.54) is 19.5 Å². The molecule has 1 rings (SSSR count). The van der Waals surface area contributed by atoms with Crippen molar-refractivity contribution in [1.29, 1.82) is 0 Å². The van der Waals surface area contributed by atoms with Gasteiger partial charge < -0.3 is 15.4 Å². The van der Waals surface area contributed by atoms with Gasteiger partial charge in [-0.05, 0) is 31.2 Å². The first kappa shape index (κ1) is 12.9. The lowest BCUT2D eigenvalue weighted by Crippen LogP contribution is -2.43. The van der Waals surface area contributed by atoms with Crippen LogP contribution in [0.1, 0.15) is 27.2 Å². The van der Waals surface area contributed by atoms with Crippen LogP contribution in [0.3, 0.4) is 0 Å².